The maximum atomic E-state index is 10.6. The quantitative estimate of drug-likeness (QED) is 0.750. The van der Waals surface area contributed by atoms with Crippen LogP contribution < -0.4 is 5.32 Å². The first-order valence-corrected chi connectivity index (χ1v) is 4.97. The van der Waals surface area contributed by atoms with E-state index in [1.165, 1.54) is 18.2 Å². The lowest BCUT2D eigenvalue weighted by atomic mass is 10.1. The van der Waals surface area contributed by atoms with Crippen LogP contribution in [0.1, 0.15) is 11.1 Å². The molecule has 0 aliphatic heterocycles. The summed E-state index contributed by atoms with van der Waals surface area (Å²) >= 11 is 0. The molecule has 15 heavy (non-hydrogen) atoms. The average Bonchev–Trinajstić information content (AvgIpc) is 2.23. The maximum Gasteiger partial charge on any atom is 0.150 e. The number of aryl methyl sites for hydroxylation is 2. The number of aldehydes is 1. The smallest absolute Gasteiger partial charge is 0.150 e. The average molecular weight is 207 g/mol. The van der Waals surface area contributed by atoms with E-state index in [2.05, 4.69) is 5.32 Å². The van der Waals surface area contributed by atoms with E-state index in [1.807, 2.05) is 32.0 Å². The van der Waals surface area contributed by atoms with Gasteiger partial charge in [0.25, 0.3) is 0 Å². The van der Waals surface area contributed by atoms with Gasteiger partial charge in [-0.3, -0.25) is 0 Å². The van der Waals surface area contributed by atoms with Crippen LogP contribution in [-0.2, 0) is 9.53 Å². The highest BCUT2D eigenvalue weighted by atomic mass is 16.5. The van der Waals surface area contributed by atoms with E-state index in [4.69, 9.17) is 4.74 Å². The number of benzene rings is 1. The van der Waals surface area contributed by atoms with E-state index in [-0.39, 0.29) is 6.10 Å². The molecule has 0 radical (unpaired) electrons. The van der Waals surface area contributed by atoms with Crippen LogP contribution >= 0.6 is 0 Å². The third-order valence-corrected chi connectivity index (χ3v) is 2.42. The number of carbonyl (C=O) groups excluding carboxylic acids is 1. The van der Waals surface area contributed by atoms with Crippen molar-refractivity contribution in [2.75, 3.05) is 19.0 Å². The number of methoxy groups -OCH3 is 1. The molecule has 0 saturated carbocycles. The molecular formula is C12H17NO2. The van der Waals surface area contributed by atoms with Gasteiger partial charge in [-0.25, -0.2) is 0 Å². The van der Waals surface area contributed by atoms with Gasteiger partial charge in [0.2, 0.25) is 0 Å². The van der Waals surface area contributed by atoms with Gasteiger partial charge in [-0.2, -0.15) is 0 Å². The molecule has 0 saturated heterocycles. The number of nitrogens with one attached hydrogen (secondary N) is 1. The minimum absolute atomic E-state index is 0.385. The van der Waals surface area contributed by atoms with Crippen LogP contribution in [0.15, 0.2) is 18.2 Å². The predicted molar refractivity (Wildman–Crippen MR) is 61.3 cm³/mol. The number of hydrogen-bond acceptors (Lipinski definition) is 3. The first-order chi connectivity index (χ1) is 7.19. The summed E-state index contributed by atoms with van der Waals surface area (Å²) in [6, 6.07) is 6.10. The number of rotatable bonds is 5. The fourth-order valence-corrected chi connectivity index (χ4v) is 1.48. The lowest BCUT2D eigenvalue weighted by Crippen LogP contribution is -2.23. The van der Waals surface area contributed by atoms with E-state index in [1.54, 1.807) is 0 Å². The molecule has 0 spiro atoms. The zero-order valence-corrected chi connectivity index (χ0v) is 9.41. The standard InChI is InChI=1S/C12H17NO2/c1-9-5-4-6-10(2)12(9)13-7-11(8-14)15-3/h4-6,8,11,13H,7H2,1-3H3. The van der Waals surface area contributed by atoms with Crippen LogP contribution in [0, 0.1) is 13.8 Å². The van der Waals surface area contributed by atoms with Crippen LogP contribution in [0.5, 0.6) is 0 Å². The minimum atomic E-state index is -0.385. The zero-order chi connectivity index (χ0) is 11.3. The summed E-state index contributed by atoms with van der Waals surface area (Å²) in [5.74, 6) is 0. The normalized spacial score (nSPS) is 12.2. The van der Waals surface area contributed by atoms with Gasteiger partial charge in [0.15, 0.2) is 6.29 Å². The Morgan fingerprint density at radius 3 is 2.47 bits per heavy atom. The fraction of sp³-hybridized carbons (Fsp3) is 0.417. The van der Waals surface area contributed by atoms with Crippen LogP contribution in [0.2, 0.25) is 0 Å². The third-order valence-electron chi connectivity index (χ3n) is 2.42. The summed E-state index contributed by atoms with van der Waals surface area (Å²) in [6.45, 7) is 4.59. The molecule has 1 N–H and O–H groups in total. The Morgan fingerprint density at radius 1 is 1.40 bits per heavy atom. The summed E-state index contributed by atoms with van der Waals surface area (Å²) in [5, 5.41) is 3.23. The SMILES string of the molecule is COC(C=O)CNc1c(C)cccc1C. The molecule has 1 atom stereocenters. The molecule has 3 nitrogen and oxygen atoms in total. The fourth-order valence-electron chi connectivity index (χ4n) is 1.48. The van der Waals surface area contributed by atoms with Crippen molar-refractivity contribution in [3.8, 4) is 0 Å². The Kier molecular flexibility index (Phi) is 4.31. The molecule has 1 aromatic rings. The van der Waals surface area contributed by atoms with Crippen molar-refractivity contribution in [1.29, 1.82) is 0 Å². The second-order valence-corrected chi connectivity index (χ2v) is 3.56. The lowest BCUT2D eigenvalue weighted by molar-refractivity contribution is -0.115. The topological polar surface area (TPSA) is 38.3 Å². The first-order valence-electron chi connectivity index (χ1n) is 4.97. The van der Waals surface area contributed by atoms with Crippen LogP contribution in [-0.4, -0.2) is 26.0 Å². The lowest BCUT2D eigenvalue weighted by Gasteiger charge is -2.15. The van der Waals surface area contributed by atoms with Crippen LogP contribution in [0.4, 0.5) is 5.69 Å². The Morgan fingerprint density at radius 2 is 2.00 bits per heavy atom. The summed E-state index contributed by atoms with van der Waals surface area (Å²) < 4.78 is 4.97. The van der Waals surface area contributed by atoms with Crippen LogP contribution in [0.3, 0.4) is 0 Å². The van der Waals surface area contributed by atoms with Gasteiger partial charge in [0.05, 0.1) is 0 Å². The molecule has 3 heteroatoms. The molecule has 82 valence electrons. The summed E-state index contributed by atoms with van der Waals surface area (Å²) in [4.78, 5) is 10.6. The Hall–Kier alpha value is -1.35. The number of carbonyl (C=O) groups is 1. The summed E-state index contributed by atoms with van der Waals surface area (Å²) in [7, 11) is 1.53. The molecule has 1 unspecified atom stereocenters. The molecule has 0 bridgehead atoms. The molecule has 1 aromatic carbocycles. The van der Waals surface area contributed by atoms with Crippen molar-refractivity contribution in [2.45, 2.75) is 20.0 Å². The highest BCUT2D eigenvalue weighted by Gasteiger charge is 2.06. The largest absolute Gasteiger partial charge is 0.382 e. The summed E-state index contributed by atoms with van der Waals surface area (Å²) in [5.41, 5.74) is 3.44. The predicted octanol–water partition coefficient (Wildman–Crippen LogP) is 1.93. The van der Waals surface area contributed by atoms with Crippen molar-refractivity contribution in [1.82, 2.24) is 0 Å². The van der Waals surface area contributed by atoms with E-state index >= 15 is 0 Å². The Labute approximate surface area is 90.4 Å². The summed E-state index contributed by atoms with van der Waals surface area (Å²) in [6.07, 6.45) is 0.421. The van der Waals surface area contributed by atoms with Crippen molar-refractivity contribution in [3.05, 3.63) is 29.3 Å². The van der Waals surface area contributed by atoms with Crippen molar-refractivity contribution in [3.63, 3.8) is 0 Å². The maximum absolute atomic E-state index is 10.6. The molecule has 0 amide bonds. The molecule has 0 aliphatic carbocycles. The van der Waals surface area contributed by atoms with E-state index in [9.17, 15) is 4.79 Å². The molecule has 0 aliphatic rings. The second-order valence-electron chi connectivity index (χ2n) is 3.56. The van der Waals surface area contributed by atoms with E-state index in [0.29, 0.717) is 6.54 Å². The number of ether oxygens (including phenoxy) is 1. The van der Waals surface area contributed by atoms with Gasteiger partial charge < -0.3 is 14.8 Å². The highest BCUT2D eigenvalue weighted by molar-refractivity contribution is 5.60. The second kappa shape index (κ2) is 5.51. The molecule has 0 fully saturated rings. The van der Waals surface area contributed by atoms with Gasteiger partial charge in [-0.15, -0.1) is 0 Å². The monoisotopic (exact) mass is 207 g/mol. The molecular weight excluding hydrogens is 190 g/mol. The number of anilines is 1. The Bertz CT molecular complexity index is 316. The Balaban J connectivity index is 2.68. The highest BCUT2D eigenvalue weighted by Crippen LogP contribution is 2.19. The number of para-hydroxylation sites is 1. The molecule has 1 rings (SSSR count). The third kappa shape index (κ3) is 3.06. The molecule has 0 aromatic heterocycles. The van der Waals surface area contributed by atoms with Crippen molar-refractivity contribution < 1.29 is 9.53 Å². The van der Waals surface area contributed by atoms with E-state index in [0.717, 1.165) is 12.0 Å². The van der Waals surface area contributed by atoms with E-state index < -0.39 is 0 Å². The van der Waals surface area contributed by atoms with Crippen molar-refractivity contribution >= 4 is 12.0 Å². The van der Waals surface area contributed by atoms with Gasteiger partial charge in [-0.1, -0.05) is 18.2 Å². The van der Waals surface area contributed by atoms with Crippen LogP contribution in [0.25, 0.3) is 0 Å². The van der Waals surface area contributed by atoms with Gasteiger partial charge >= 0.3 is 0 Å². The van der Waals surface area contributed by atoms with Gasteiger partial charge in [0, 0.05) is 19.3 Å². The number of hydrogen-bond donors (Lipinski definition) is 1. The molecule has 0 heterocycles. The van der Waals surface area contributed by atoms with Crippen molar-refractivity contribution in [2.24, 2.45) is 0 Å². The minimum Gasteiger partial charge on any atom is -0.382 e. The first kappa shape index (κ1) is 11.7. The van der Waals surface area contributed by atoms with Gasteiger partial charge in [0.1, 0.15) is 6.10 Å². The zero-order valence-electron chi connectivity index (χ0n) is 9.41. The van der Waals surface area contributed by atoms with Gasteiger partial charge in [-0.05, 0) is 25.0 Å².